The summed E-state index contributed by atoms with van der Waals surface area (Å²) in [5, 5.41) is 7.44. The van der Waals surface area contributed by atoms with E-state index in [1.54, 1.807) is 0 Å². The Kier molecular flexibility index (Phi) is 6.24. The molecule has 0 bridgehead atoms. The highest BCUT2D eigenvalue weighted by molar-refractivity contribution is 7.88. The number of alkyl halides is 3. The van der Waals surface area contributed by atoms with Crippen LogP contribution in [0.1, 0.15) is 11.1 Å². The average Bonchev–Trinajstić information content (AvgIpc) is 2.53. The minimum Gasteiger partial charge on any atom is -0.405 e. The fourth-order valence-electron chi connectivity index (χ4n) is 2.10. The molecule has 0 aliphatic carbocycles. The van der Waals surface area contributed by atoms with Gasteiger partial charge in [0.1, 0.15) is 5.75 Å². The molecule has 0 aliphatic heterocycles. The van der Waals surface area contributed by atoms with Gasteiger partial charge in [-0.25, -0.2) is 13.6 Å². The molecule has 6 nitrogen and oxygen atoms in total. The second-order valence-corrected chi connectivity index (χ2v) is 7.03. The maximum atomic E-state index is 12.4. The number of nitrogens with two attached hydrogens (primary N) is 1. The molecular weight excluding hydrogens is 385 g/mol. The van der Waals surface area contributed by atoms with Gasteiger partial charge in [0.15, 0.2) is 0 Å². The Bertz CT molecular complexity index is 939. The fraction of sp³-hybridized carbons (Fsp3) is 0.118. The maximum absolute atomic E-state index is 12.4. The Balaban J connectivity index is 2.04. The third-order valence-electron chi connectivity index (χ3n) is 3.15. The van der Waals surface area contributed by atoms with Crippen LogP contribution in [0.3, 0.4) is 0 Å². The number of para-hydroxylation sites is 1. The van der Waals surface area contributed by atoms with Crippen LogP contribution in [0, 0.1) is 0 Å². The van der Waals surface area contributed by atoms with E-state index < -0.39 is 28.0 Å². The second-order valence-electron chi connectivity index (χ2n) is 5.41. The van der Waals surface area contributed by atoms with Gasteiger partial charge < -0.3 is 10.1 Å². The van der Waals surface area contributed by atoms with Gasteiger partial charge in [0, 0.05) is 17.3 Å². The van der Waals surface area contributed by atoms with Gasteiger partial charge in [-0.1, -0.05) is 30.3 Å². The minimum absolute atomic E-state index is 0.0773. The molecule has 1 amide bonds. The van der Waals surface area contributed by atoms with Crippen molar-refractivity contribution in [1.29, 1.82) is 0 Å². The van der Waals surface area contributed by atoms with E-state index in [4.69, 9.17) is 5.14 Å². The molecular formula is C17H15F3N2O4S. The van der Waals surface area contributed by atoms with Gasteiger partial charge >= 0.3 is 6.36 Å². The van der Waals surface area contributed by atoms with Crippen LogP contribution in [0.25, 0.3) is 6.08 Å². The van der Waals surface area contributed by atoms with Crippen LogP contribution in [-0.2, 0) is 20.6 Å². The van der Waals surface area contributed by atoms with Crippen LogP contribution in [0.5, 0.6) is 5.75 Å². The van der Waals surface area contributed by atoms with Gasteiger partial charge in [0.05, 0.1) is 5.75 Å². The van der Waals surface area contributed by atoms with Gasteiger partial charge in [-0.3, -0.25) is 4.79 Å². The number of hydrogen-bond acceptors (Lipinski definition) is 4. The van der Waals surface area contributed by atoms with Crippen molar-refractivity contribution in [1.82, 2.24) is 0 Å². The lowest BCUT2D eigenvalue weighted by molar-refractivity contribution is -0.274. The molecule has 0 atom stereocenters. The number of sulfonamides is 1. The molecule has 0 fully saturated rings. The Labute approximate surface area is 153 Å². The summed E-state index contributed by atoms with van der Waals surface area (Å²) in [5.74, 6) is -1.35. The van der Waals surface area contributed by atoms with E-state index in [0.717, 1.165) is 12.1 Å². The Morgan fingerprint density at radius 3 is 2.33 bits per heavy atom. The summed E-state index contributed by atoms with van der Waals surface area (Å²) in [7, 11) is -3.66. The molecule has 3 N–H and O–H groups in total. The number of halogens is 3. The smallest absolute Gasteiger partial charge is 0.405 e. The summed E-state index contributed by atoms with van der Waals surface area (Å²) in [6.45, 7) is 0. The van der Waals surface area contributed by atoms with Crippen molar-refractivity contribution in [3.05, 3.63) is 65.7 Å². The molecule has 0 radical (unpaired) electrons. The highest BCUT2D eigenvalue weighted by Gasteiger charge is 2.31. The molecule has 0 saturated carbocycles. The van der Waals surface area contributed by atoms with Crippen molar-refractivity contribution in [2.24, 2.45) is 5.14 Å². The number of hydrogen-bond donors (Lipinski definition) is 2. The van der Waals surface area contributed by atoms with Crippen LogP contribution in [-0.4, -0.2) is 20.7 Å². The lowest BCUT2D eigenvalue weighted by atomic mass is 10.2. The fourth-order valence-corrected chi connectivity index (χ4v) is 2.76. The number of anilines is 1. The lowest BCUT2D eigenvalue weighted by Gasteiger charge is -2.11. The number of carbonyl (C=O) groups excluding carboxylic acids is 1. The number of amides is 1. The highest BCUT2D eigenvalue weighted by atomic mass is 32.2. The van der Waals surface area contributed by atoms with E-state index in [2.05, 4.69) is 10.1 Å². The Morgan fingerprint density at radius 2 is 1.74 bits per heavy atom. The zero-order valence-electron chi connectivity index (χ0n) is 13.7. The number of rotatable bonds is 6. The van der Waals surface area contributed by atoms with Gasteiger partial charge in [-0.15, -0.1) is 13.2 Å². The van der Waals surface area contributed by atoms with Crippen molar-refractivity contribution < 1.29 is 31.1 Å². The molecule has 0 saturated heterocycles. The largest absolute Gasteiger partial charge is 0.573 e. The number of benzene rings is 2. The molecule has 144 valence electrons. The molecule has 27 heavy (non-hydrogen) atoms. The zero-order valence-corrected chi connectivity index (χ0v) is 14.5. The first kappa shape index (κ1) is 20.5. The summed E-state index contributed by atoms with van der Waals surface area (Å²) in [6, 6.07) is 11.3. The molecule has 0 unspecified atom stereocenters. The van der Waals surface area contributed by atoms with Gasteiger partial charge in [-0.05, 0) is 29.8 Å². The summed E-state index contributed by atoms with van der Waals surface area (Å²) < 4.78 is 63.0. The zero-order chi connectivity index (χ0) is 20.1. The molecule has 2 rings (SSSR count). The van der Waals surface area contributed by atoms with Crippen molar-refractivity contribution in [3.63, 3.8) is 0 Å². The molecule has 0 spiro atoms. The first-order valence-electron chi connectivity index (χ1n) is 7.45. The topological polar surface area (TPSA) is 98.5 Å². The summed E-state index contributed by atoms with van der Waals surface area (Å²) in [5.41, 5.74) is 0.903. The van der Waals surface area contributed by atoms with Crippen molar-refractivity contribution in [3.8, 4) is 5.75 Å². The number of ether oxygens (including phenoxy) is 1. The number of carbonyl (C=O) groups is 1. The van der Waals surface area contributed by atoms with E-state index in [9.17, 15) is 26.4 Å². The predicted octanol–water partition coefficient (Wildman–Crippen LogP) is 3.03. The van der Waals surface area contributed by atoms with E-state index in [1.165, 1.54) is 48.5 Å². The summed E-state index contributed by atoms with van der Waals surface area (Å²) in [6.07, 6.45) is -2.60. The monoisotopic (exact) mass is 400 g/mol. The Hall–Kier alpha value is -2.85. The number of nitrogens with one attached hydrogen (secondary N) is 1. The van der Waals surface area contributed by atoms with Crippen molar-refractivity contribution in [2.75, 3.05) is 5.32 Å². The standard InChI is InChI=1S/C17H15F3N2O4S/c18-17(19,20)26-15-4-2-1-3-13(15)7-10-16(23)22-14-8-5-12(6-9-14)11-27(21,24)25/h1-10H,11H2,(H,22,23)(H2,21,24,25)/b10-7+. The van der Waals surface area contributed by atoms with Crippen LogP contribution < -0.4 is 15.2 Å². The van der Waals surface area contributed by atoms with Crippen LogP contribution in [0.15, 0.2) is 54.6 Å². The van der Waals surface area contributed by atoms with E-state index in [-0.39, 0.29) is 11.3 Å². The van der Waals surface area contributed by atoms with Crippen LogP contribution in [0.2, 0.25) is 0 Å². The third kappa shape index (κ3) is 7.50. The van der Waals surface area contributed by atoms with Gasteiger partial charge in [0.2, 0.25) is 15.9 Å². The van der Waals surface area contributed by atoms with Crippen LogP contribution >= 0.6 is 0 Å². The minimum atomic E-state index is -4.84. The molecule has 0 aliphatic rings. The average molecular weight is 400 g/mol. The number of primary sulfonamides is 1. The third-order valence-corrected chi connectivity index (χ3v) is 3.88. The maximum Gasteiger partial charge on any atom is 0.573 e. The van der Waals surface area contributed by atoms with Gasteiger partial charge in [-0.2, -0.15) is 0 Å². The molecule has 10 heteroatoms. The van der Waals surface area contributed by atoms with Crippen LogP contribution in [0.4, 0.5) is 18.9 Å². The first-order valence-corrected chi connectivity index (χ1v) is 9.17. The lowest BCUT2D eigenvalue weighted by Crippen LogP contribution is -2.17. The van der Waals surface area contributed by atoms with E-state index in [0.29, 0.717) is 11.3 Å². The van der Waals surface area contributed by atoms with Crippen molar-refractivity contribution >= 4 is 27.7 Å². The summed E-state index contributed by atoms with van der Waals surface area (Å²) in [4.78, 5) is 11.9. The first-order chi connectivity index (χ1) is 12.5. The van der Waals surface area contributed by atoms with E-state index >= 15 is 0 Å². The highest BCUT2D eigenvalue weighted by Crippen LogP contribution is 2.27. The summed E-state index contributed by atoms with van der Waals surface area (Å²) >= 11 is 0. The normalized spacial score (nSPS) is 12.1. The quantitative estimate of drug-likeness (QED) is 0.728. The van der Waals surface area contributed by atoms with Crippen molar-refractivity contribution in [2.45, 2.75) is 12.1 Å². The molecule has 2 aromatic carbocycles. The molecule has 0 aromatic heterocycles. The SMILES string of the molecule is NS(=O)(=O)Cc1ccc(NC(=O)/C=C/c2ccccc2OC(F)(F)F)cc1. The van der Waals surface area contributed by atoms with Gasteiger partial charge in [0.25, 0.3) is 0 Å². The van der Waals surface area contributed by atoms with E-state index in [1.807, 2.05) is 0 Å². The molecule has 0 heterocycles. The predicted molar refractivity (Wildman–Crippen MR) is 94.0 cm³/mol. The second kappa shape index (κ2) is 8.23. The Morgan fingerprint density at radius 1 is 1.11 bits per heavy atom. The molecule has 2 aromatic rings.